The van der Waals surface area contributed by atoms with Gasteiger partial charge in [0, 0.05) is 17.3 Å². The Kier molecular flexibility index (Phi) is 33.7. The van der Waals surface area contributed by atoms with E-state index in [2.05, 4.69) is 99.4 Å². The zero-order chi connectivity index (χ0) is 32.0. The first-order valence-electron chi connectivity index (χ1n) is 11.6. The van der Waals surface area contributed by atoms with Gasteiger partial charge in [-0.25, -0.2) is 0 Å². The van der Waals surface area contributed by atoms with Gasteiger partial charge in [0.1, 0.15) is 0 Å². The molecule has 9 nitrogen and oxygen atoms in total. The molecule has 0 spiro atoms. The third-order valence-corrected chi connectivity index (χ3v) is 8.08. The molecule has 0 saturated heterocycles. The maximum absolute atomic E-state index is 11.2. The summed E-state index contributed by atoms with van der Waals surface area (Å²) in [4.78, 5) is 0. The van der Waals surface area contributed by atoms with E-state index in [-0.39, 0.29) is 17.3 Å². The average Bonchev–Trinajstić information content (AvgIpc) is 2.92. The SMILES string of the molecule is CC[N+]([O-])(CC)C(=S)[S-].CC[N+]([O-])(CC)C(=S)[S-].CC[N+]([O-])(CC)C(=S)[S-].CC[N+]([O-])(CC)C(=S)[S-].[O]=[Mo+4]. The van der Waals surface area contributed by atoms with Crippen LogP contribution >= 0.6 is 48.9 Å². The molecule has 0 aliphatic rings. The summed E-state index contributed by atoms with van der Waals surface area (Å²) in [5.41, 5.74) is 0. The molecule has 0 radical (unpaired) electrons. The predicted molar refractivity (Wildman–Crippen MR) is 179 cm³/mol. The topological polar surface area (TPSA) is 109 Å². The molecule has 0 N–H and O–H groups in total. The van der Waals surface area contributed by atoms with E-state index in [1.807, 2.05) is 0 Å². The molecule has 0 aromatic carbocycles. The first-order chi connectivity index (χ1) is 17.3. The second-order valence-electron chi connectivity index (χ2n) is 7.15. The Hall–Kier alpha value is 1.41. The molecule has 0 aliphatic carbocycles. The molecule has 0 atom stereocenters. The van der Waals surface area contributed by atoms with Crippen molar-refractivity contribution in [2.45, 2.75) is 55.4 Å². The number of thiocarbonyl (C=S) groups is 4. The molecule has 0 bridgehead atoms. The first-order valence-corrected chi connectivity index (χ1v) is 15.7. The van der Waals surface area contributed by atoms with Crippen LogP contribution in [-0.4, -0.2) is 88.2 Å². The maximum atomic E-state index is 11.2. The van der Waals surface area contributed by atoms with E-state index in [9.17, 15) is 20.8 Å². The zero-order valence-corrected chi connectivity index (χ0v) is 31.7. The third kappa shape index (κ3) is 20.3. The van der Waals surface area contributed by atoms with Crippen molar-refractivity contribution in [1.82, 2.24) is 0 Å². The minimum absolute atomic E-state index is 0.111. The van der Waals surface area contributed by atoms with Crippen molar-refractivity contribution >= 4 is 117 Å². The van der Waals surface area contributed by atoms with Crippen LogP contribution in [0.5, 0.6) is 0 Å². The second kappa shape index (κ2) is 26.1. The van der Waals surface area contributed by atoms with Crippen LogP contribution in [0.1, 0.15) is 55.4 Å². The molecular weight excluding hydrogens is 729 g/mol. The Morgan fingerprint density at radius 1 is 0.447 bits per heavy atom. The molecule has 0 saturated carbocycles. The van der Waals surface area contributed by atoms with Crippen LogP contribution in [0.4, 0.5) is 0 Å². The molecule has 18 heteroatoms. The van der Waals surface area contributed by atoms with Gasteiger partial charge in [0.25, 0.3) is 0 Å². The normalized spacial score (nSPS) is 11.0. The van der Waals surface area contributed by atoms with Crippen molar-refractivity contribution in [3.8, 4) is 0 Å². The average molecular weight is 769 g/mol. The van der Waals surface area contributed by atoms with Gasteiger partial charge in [0.05, 0.1) is 52.4 Å². The Morgan fingerprint density at radius 2 is 0.526 bits per heavy atom. The van der Waals surface area contributed by atoms with E-state index in [0.29, 0.717) is 72.1 Å². The molecule has 224 valence electrons. The molecular formula is C20H40MoN4O5S8. The Labute approximate surface area is 284 Å². The van der Waals surface area contributed by atoms with Crippen molar-refractivity contribution in [1.29, 1.82) is 0 Å². The number of nitrogens with zero attached hydrogens (tertiary/aromatic N) is 4. The van der Waals surface area contributed by atoms with Gasteiger partial charge in [0.15, 0.2) is 0 Å². The summed E-state index contributed by atoms with van der Waals surface area (Å²) in [5.74, 6) is 0. The van der Waals surface area contributed by atoms with Crippen LogP contribution in [-0.2, 0) is 73.7 Å². The molecule has 0 amide bonds. The number of quaternary nitrogens is 4. The summed E-state index contributed by atoms with van der Waals surface area (Å²) >= 11 is 37.5. The van der Waals surface area contributed by atoms with Gasteiger partial charge in [-0.05, 0) is 55.4 Å². The van der Waals surface area contributed by atoms with Gasteiger partial charge in [0.2, 0.25) is 0 Å². The summed E-state index contributed by atoms with van der Waals surface area (Å²) in [6.07, 6.45) is 0. The number of hydrogen-bond acceptors (Lipinski definition) is 13. The van der Waals surface area contributed by atoms with Crippen molar-refractivity contribution in [3.05, 3.63) is 20.8 Å². The van der Waals surface area contributed by atoms with Crippen molar-refractivity contribution < 1.29 is 41.8 Å². The van der Waals surface area contributed by atoms with Crippen molar-refractivity contribution in [3.63, 3.8) is 0 Å². The fraction of sp³-hybridized carbons (Fsp3) is 0.800. The van der Waals surface area contributed by atoms with Gasteiger partial charge in [-0.2, -0.15) is 0 Å². The van der Waals surface area contributed by atoms with E-state index in [0.717, 1.165) is 0 Å². The Morgan fingerprint density at radius 3 is 0.526 bits per heavy atom. The molecule has 0 aromatic rings. The van der Waals surface area contributed by atoms with Gasteiger partial charge in [-0.15, -0.1) is 0 Å². The van der Waals surface area contributed by atoms with E-state index in [1.165, 1.54) is 0 Å². The molecule has 0 heterocycles. The molecule has 0 aliphatic heterocycles. The number of hydrogen-bond donors (Lipinski definition) is 0. The van der Waals surface area contributed by atoms with Crippen molar-refractivity contribution in [2.24, 2.45) is 0 Å². The predicted octanol–water partition coefficient (Wildman–Crippen LogP) is 4.57. The first kappa shape index (κ1) is 49.1. The van der Waals surface area contributed by atoms with E-state index in [4.69, 9.17) is 3.40 Å². The summed E-state index contributed by atoms with van der Waals surface area (Å²) in [6, 6.07) is 0. The molecule has 0 aromatic heterocycles. The number of rotatable bonds is 8. The third-order valence-electron chi connectivity index (χ3n) is 5.42. The van der Waals surface area contributed by atoms with Crippen LogP contribution in [0, 0.1) is 20.8 Å². The van der Waals surface area contributed by atoms with Crippen LogP contribution in [0.2, 0.25) is 0 Å². The van der Waals surface area contributed by atoms with E-state index in [1.54, 1.807) is 55.4 Å². The summed E-state index contributed by atoms with van der Waals surface area (Å²) < 4.78 is 6.67. The van der Waals surface area contributed by atoms with E-state index >= 15 is 0 Å². The van der Waals surface area contributed by atoms with Gasteiger partial charge >= 0.3 is 23.2 Å². The molecule has 0 unspecified atom stereocenters. The summed E-state index contributed by atoms with van der Waals surface area (Å²) in [7, 11) is 0. The molecule has 0 fully saturated rings. The second-order valence-corrected chi connectivity index (χ2v) is 11.3. The zero-order valence-electron chi connectivity index (χ0n) is 23.2. The van der Waals surface area contributed by atoms with Gasteiger partial charge < -0.3 is 139 Å². The monoisotopic (exact) mass is 770 g/mol. The van der Waals surface area contributed by atoms with Crippen LogP contribution in [0.25, 0.3) is 0 Å². The van der Waals surface area contributed by atoms with Crippen LogP contribution < -0.4 is 0 Å². The van der Waals surface area contributed by atoms with Crippen LogP contribution in [0.3, 0.4) is 0 Å². The van der Waals surface area contributed by atoms with Gasteiger partial charge in [-0.3, -0.25) is 0 Å². The Balaban J connectivity index is -0.000000124. The Bertz CT molecular complexity index is 582. The molecule has 38 heavy (non-hydrogen) atoms. The molecule has 0 rings (SSSR count). The minimum atomic E-state index is -0.509. The summed E-state index contributed by atoms with van der Waals surface area (Å²) in [5, 5.41) is 44.9. The number of hydroxylamine groups is 12. The fourth-order valence-electron chi connectivity index (χ4n) is 1.93. The van der Waals surface area contributed by atoms with Crippen molar-refractivity contribution in [2.75, 3.05) is 52.4 Å². The van der Waals surface area contributed by atoms with Gasteiger partial charge in [-0.1, -0.05) is 0 Å². The standard InChI is InChI=1S/4C5H11NOS2.Mo.O/c4*1-3-6(7,4-2)5(8)9;;/h4*3-4H2,1-2H3,(H,8,9);;/q;;;;+4;/p-4. The van der Waals surface area contributed by atoms with Crippen LogP contribution in [0.15, 0.2) is 0 Å². The quantitative estimate of drug-likeness (QED) is 0.113. The summed E-state index contributed by atoms with van der Waals surface area (Å²) in [6.45, 7) is 17.8. The van der Waals surface area contributed by atoms with E-state index < -0.39 is 18.6 Å². The fourth-order valence-corrected chi connectivity index (χ4v) is 3.99.